The lowest BCUT2D eigenvalue weighted by Gasteiger charge is -2.19. The molecule has 1 aliphatic heterocycles. The van der Waals surface area contributed by atoms with Crippen LogP contribution in [0.15, 0.2) is 22.6 Å². The van der Waals surface area contributed by atoms with E-state index in [2.05, 4.69) is 4.98 Å². The van der Waals surface area contributed by atoms with Gasteiger partial charge < -0.3 is 19.0 Å². The number of hydrogen-bond donors (Lipinski definition) is 1. The Labute approximate surface area is 116 Å². The van der Waals surface area contributed by atoms with E-state index in [0.717, 1.165) is 0 Å². The molecule has 0 amide bonds. The van der Waals surface area contributed by atoms with E-state index in [1.807, 2.05) is 0 Å². The molecule has 2 heterocycles. The Balaban J connectivity index is 2.13. The lowest BCUT2D eigenvalue weighted by molar-refractivity contribution is 0.0646. The molecule has 0 bridgehead atoms. The molecule has 1 aromatic carbocycles. The van der Waals surface area contributed by atoms with E-state index in [4.69, 9.17) is 19.0 Å². The van der Waals surface area contributed by atoms with Gasteiger partial charge in [0, 0.05) is 0 Å². The van der Waals surface area contributed by atoms with E-state index in [1.165, 1.54) is 6.07 Å². The van der Waals surface area contributed by atoms with Crippen LogP contribution in [-0.4, -0.2) is 29.3 Å². The van der Waals surface area contributed by atoms with Crippen molar-refractivity contribution in [1.82, 2.24) is 4.98 Å². The smallest absolute Gasteiger partial charge is 0.374 e. The number of carboxylic acid groups (broad SMARTS) is 1. The van der Waals surface area contributed by atoms with Crippen LogP contribution in [0, 0.1) is 0 Å². The molecule has 8 heteroatoms. The largest absolute Gasteiger partial charge is 0.486 e. The summed E-state index contributed by atoms with van der Waals surface area (Å²) in [7, 11) is 0. The molecule has 0 unspecified atom stereocenters. The van der Waals surface area contributed by atoms with E-state index in [1.54, 1.807) is 12.1 Å². The van der Waals surface area contributed by atoms with E-state index in [-0.39, 0.29) is 18.1 Å². The molecule has 0 fully saturated rings. The van der Waals surface area contributed by atoms with E-state index >= 15 is 0 Å². The molecule has 0 saturated heterocycles. The lowest BCUT2D eigenvalue weighted by Crippen LogP contribution is -2.15. The van der Waals surface area contributed by atoms with Crippen molar-refractivity contribution in [1.29, 1.82) is 0 Å². The minimum Gasteiger partial charge on any atom is -0.486 e. The number of benzene rings is 1. The molecule has 0 atom stereocenters. The Bertz CT molecular complexity index is 698. The molecular weight excluding hydrogens is 288 g/mol. The Morgan fingerprint density at radius 3 is 2.71 bits per heavy atom. The number of halogens is 2. The average Bonchev–Trinajstić information content (AvgIpc) is 2.92. The molecule has 0 radical (unpaired) electrons. The Morgan fingerprint density at radius 1 is 1.29 bits per heavy atom. The third kappa shape index (κ3) is 2.28. The fourth-order valence-electron chi connectivity index (χ4n) is 1.99. The molecule has 21 heavy (non-hydrogen) atoms. The number of rotatable bonds is 3. The topological polar surface area (TPSA) is 81.8 Å². The quantitative estimate of drug-likeness (QED) is 0.938. The SMILES string of the molecule is O=C(O)c1oc(-c2cccc3c2OCCO3)nc1C(F)F. The van der Waals surface area contributed by atoms with Gasteiger partial charge in [0.2, 0.25) is 11.7 Å². The van der Waals surface area contributed by atoms with Gasteiger partial charge in [-0.3, -0.25) is 0 Å². The fourth-order valence-corrected chi connectivity index (χ4v) is 1.99. The Kier molecular flexibility index (Phi) is 3.20. The van der Waals surface area contributed by atoms with Crippen molar-refractivity contribution in [3.8, 4) is 23.0 Å². The van der Waals surface area contributed by atoms with Crippen molar-refractivity contribution in [3.63, 3.8) is 0 Å². The average molecular weight is 297 g/mol. The first-order valence-corrected chi connectivity index (χ1v) is 5.99. The predicted octanol–water partition coefficient (Wildman–Crippen LogP) is 2.75. The number of oxazole rings is 1. The van der Waals surface area contributed by atoms with Crippen molar-refractivity contribution in [3.05, 3.63) is 29.7 Å². The molecule has 0 spiro atoms. The number of ether oxygens (including phenoxy) is 2. The summed E-state index contributed by atoms with van der Waals surface area (Å²) in [6, 6.07) is 4.78. The van der Waals surface area contributed by atoms with Crippen LogP contribution in [0.2, 0.25) is 0 Å². The number of para-hydroxylation sites is 1. The standard InChI is InChI=1S/C13H9F2NO5/c14-11(15)8-10(13(17)18)21-12(16-8)6-2-1-3-7-9(6)20-5-4-19-7/h1-3,11H,4-5H2,(H,17,18). The van der Waals surface area contributed by atoms with Gasteiger partial charge in [-0.25, -0.2) is 18.6 Å². The highest BCUT2D eigenvalue weighted by atomic mass is 19.3. The molecule has 110 valence electrons. The molecule has 0 saturated carbocycles. The normalized spacial score (nSPS) is 13.5. The van der Waals surface area contributed by atoms with Crippen LogP contribution >= 0.6 is 0 Å². The highest BCUT2D eigenvalue weighted by molar-refractivity contribution is 5.86. The van der Waals surface area contributed by atoms with Crippen molar-refractivity contribution < 1.29 is 32.6 Å². The first-order chi connectivity index (χ1) is 10.1. The number of aromatic carboxylic acids is 1. The van der Waals surface area contributed by atoms with Gasteiger partial charge in [-0.15, -0.1) is 0 Å². The third-order valence-electron chi connectivity index (χ3n) is 2.85. The lowest BCUT2D eigenvalue weighted by atomic mass is 10.1. The first kappa shape index (κ1) is 13.3. The van der Waals surface area contributed by atoms with E-state index in [9.17, 15) is 13.6 Å². The van der Waals surface area contributed by atoms with Crippen molar-refractivity contribution in [2.75, 3.05) is 13.2 Å². The summed E-state index contributed by atoms with van der Waals surface area (Å²) < 4.78 is 41.4. The number of alkyl halides is 2. The maximum atomic E-state index is 12.8. The highest BCUT2D eigenvalue weighted by Crippen LogP contribution is 2.40. The maximum Gasteiger partial charge on any atom is 0.374 e. The van der Waals surface area contributed by atoms with Crippen molar-refractivity contribution in [2.45, 2.75) is 6.43 Å². The second-order valence-corrected chi connectivity index (χ2v) is 4.17. The van der Waals surface area contributed by atoms with Crippen molar-refractivity contribution >= 4 is 5.97 Å². The summed E-state index contributed by atoms with van der Waals surface area (Å²) in [6.07, 6.45) is -3.05. The zero-order chi connectivity index (χ0) is 15.0. The number of carboxylic acids is 1. The molecule has 6 nitrogen and oxygen atoms in total. The van der Waals surface area contributed by atoms with Gasteiger partial charge in [0.25, 0.3) is 6.43 Å². The number of fused-ring (bicyclic) bond motifs is 1. The zero-order valence-corrected chi connectivity index (χ0v) is 10.5. The van der Waals surface area contributed by atoms with Crippen LogP contribution in [0.4, 0.5) is 8.78 Å². The number of aromatic nitrogens is 1. The van der Waals surface area contributed by atoms with Crippen LogP contribution in [0.3, 0.4) is 0 Å². The monoisotopic (exact) mass is 297 g/mol. The van der Waals surface area contributed by atoms with E-state index in [0.29, 0.717) is 18.1 Å². The minimum absolute atomic E-state index is 0.245. The van der Waals surface area contributed by atoms with Crippen LogP contribution in [0.25, 0.3) is 11.5 Å². The number of carbonyl (C=O) groups is 1. The van der Waals surface area contributed by atoms with Gasteiger partial charge in [-0.05, 0) is 12.1 Å². The van der Waals surface area contributed by atoms with Crippen LogP contribution in [0.5, 0.6) is 11.5 Å². The van der Waals surface area contributed by atoms with Crippen molar-refractivity contribution in [2.24, 2.45) is 0 Å². The second-order valence-electron chi connectivity index (χ2n) is 4.17. The fraction of sp³-hybridized carbons (Fsp3) is 0.231. The number of hydrogen-bond acceptors (Lipinski definition) is 5. The van der Waals surface area contributed by atoms with Gasteiger partial charge in [0.15, 0.2) is 17.2 Å². The van der Waals surface area contributed by atoms with Crippen LogP contribution in [0.1, 0.15) is 22.7 Å². The molecule has 2 aromatic rings. The Morgan fingerprint density at radius 2 is 2.05 bits per heavy atom. The first-order valence-electron chi connectivity index (χ1n) is 5.99. The summed E-state index contributed by atoms with van der Waals surface area (Å²) in [5.41, 5.74) is -0.645. The van der Waals surface area contributed by atoms with Gasteiger partial charge in [0.1, 0.15) is 13.2 Å². The zero-order valence-electron chi connectivity index (χ0n) is 10.5. The van der Waals surface area contributed by atoms with Crippen LogP contribution in [-0.2, 0) is 0 Å². The minimum atomic E-state index is -3.05. The Hall–Kier alpha value is -2.64. The number of nitrogens with zero attached hydrogens (tertiary/aromatic N) is 1. The van der Waals surface area contributed by atoms with E-state index < -0.39 is 23.8 Å². The van der Waals surface area contributed by atoms with Crippen LogP contribution < -0.4 is 9.47 Å². The predicted molar refractivity (Wildman–Crippen MR) is 64.8 cm³/mol. The van der Waals surface area contributed by atoms with Gasteiger partial charge in [-0.1, -0.05) is 6.07 Å². The highest BCUT2D eigenvalue weighted by Gasteiger charge is 2.29. The summed E-state index contributed by atoms with van der Waals surface area (Å²) >= 11 is 0. The molecular formula is C13H9F2NO5. The summed E-state index contributed by atoms with van der Waals surface area (Å²) in [5.74, 6) is -2.01. The van der Waals surface area contributed by atoms with Gasteiger partial charge in [0.05, 0.1) is 5.56 Å². The molecule has 0 aliphatic carbocycles. The maximum absolute atomic E-state index is 12.8. The molecule has 1 aromatic heterocycles. The third-order valence-corrected chi connectivity index (χ3v) is 2.85. The molecule has 3 rings (SSSR count). The molecule has 1 aliphatic rings. The summed E-state index contributed by atoms with van der Waals surface area (Å²) in [5, 5.41) is 8.89. The van der Waals surface area contributed by atoms with Gasteiger partial charge in [-0.2, -0.15) is 0 Å². The summed E-state index contributed by atoms with van der Waals surface area (Å²) in [4.78, 5) is 14.5. The molecule has 1 N–H and O–H groups in total. The van der Waals surface area contributed by atoms with Gasteiger partial charge >= 0.3 is 5.97 Å². The second kappa shape index (κ2) is 5.04. The summed E-state index contributed by atoms with van der Waals surface area (Å²) in [6.45, 7) is 0.656.